The Kier molecular flexibility index (Phi) is 5.20. The van der Waals surface area contributed by atoms with Crippen LogP contribution < -0.4 is 5.73 Å². The molecule has 1 fully saturated rings. The van der Waals surface area contributed by atoms with E-state index < -0.39 is 34.2 Å². The molecule has 0 radical (unpaired) electrons. The van der Waals surface area contributed by atoms with E-state index in [4.69, 9.17) is 10.5 Å². The molecule has 0 saturated carbocycles. The van der Waals surface area contributed by atoms with Gasteiger partial charge >= 0.3 is 6.18 Å². The first kappa shape index (κ1) is 18.0. The molecule has 2 N–H and O–H groups in total. The summed E-state index contributed by atoms with van der Waals surface area (Å²) in [5, 5.41) is 1.92. The number of nitrogens with two attached hydrogens (primary N) is 1. The Balaban J connectivity index is 2.38. The number of hydrogen-bond donors (Lipinski definition) is 1. The van der Waals surface area contributed by atoms with Gasteiger partial charge in [-0.25, -0.2) is 0 Å². The zero-order chi connectivity index (χ0) is 17.3. The maximum atomic E-state index is 13.0. The maximum absolute atomic E-state index is 13.0. The lowest BCUT2D eigenvalue weighted by Gasteiger charge is -2.40. The summed E-state index contributed by atoms with van der Waals surface area (Å²) in [6.07, 6.45) is -3.98. The predicted octanol–water partition coefficient (Wildman–Crippen LogP) is 3.58. The van der Waals surface area contributed by atoms with Crippen molar-refractivity contribution in [1.29, 1.82) is 0 Å². The van der Waals surface area contributed by atoms with E-state index in [9.17, 15) is 18.0 Å². The molecule has 1 amide bonds. The fourth-order valence-electron chi connectivity index (χ4n) is 2.87. The van der Waals surface area contributed by atoms with Gasteiger partial charge in [-0.3, -0.25) is 4.79 Å². The Hall–Kier alpha value is -1.34. The Morgan fingerprint density at radius 2 is 2.17 bits per heavy atom. The van der Waals surface area contributed by atoms with Gasteiger partial charge < -0.3 is 10.5 Å². The van der Waals surface area contributed by atoms with Crippen molar-refractivity contribution in [2.75, 3.05) is 6.61 Å². The van der Waals surface area contributed by atoms with Crippen LogP contribution in [0.4, 0.5) is 13.2 Å². The number of amides is 1. The van der Waals surface area contributed by atoms with Gasteiger partial charge in [-0.2, -0.15) is 23.7 Å². The summed E-state index contributed by atoms with van der Waals surface area (Å²) in [7, 11) is -0.542. The first-order chi connectivity index (χ1) is 10.7. The summed E-state index contributed by atoms with van der Waals surface area (Å²) in [4.78, 5) is 12.0. The molecule has 0 aromatic heterocycles. The average molecular weight is 347 g/mol. The minimum atomic E-state index is -4.37. The fourth-order valence-corrected chi connectivity index (χ4v) is 5.39. The minimum absolute atomic E-state index is 0.350. The molecule has 2 rings (SSSR count). The summed E-state index contributed by atoms with van der Waals surface area (Å²) < 4.78 is 43.9. The van der Waals surface area contributed by atoms with Crippen LogP contribution in [0.15, 0.2) is 29.2 Å². The van der Waals surface area contributed by atoms with Gasteiger partial charge in [0.2, 0.25) is 5.91 Å². The second kappa shape index (κ2) is 6.65. The first-order valence-corrected chi connectivity index (χ1v) is 8.57. The smallest absolute Gasteiger partial charge is 0.368 e. The minimum Gasteiger partial charge on any atom is -0.368 e. The van der Waals surface area contributed by atoms with E-state index in [0.29, 0.717) is 24.3 Å². The lowest BCUT2D eigenvalue weighted by atomic mass is 9.96. The number of primary amides is 1. The molecule has 0 aliphatic carbocycles. The molecule has 0 spiro atoms. The van der Waals surface area contributed by atoms with Crippen molar-refractivity contribution in [3.63, 3.8) is 0 Å². The molecular weight excluding hydrogens is 327 g/mol. The number of benzene rings is 1. The molecule has 128 valence electrons. The number of carbonyl (C=O) groups is 1. The molecule has 1 aliphatic heterocycles. The van der Waals surface area contributed by atoms with Crippen LogP contribution in [-0.4, -0.2) is 28.7 Å². The van der Waals surface area contributed by atoms with Crippen LogP contribution in [0.3, 0.4) is 0 Å². The van der Waals surface area contributed by atoms with Gasteiger partial charge in [-0.05, 0) is 38.0 Å². The third-order valence-electron chi connectivity index (χ3n) is 4.07. The van der Waals surface area contributed by atoms with Crippen molar-refractivity contribution in [3.05, 3.63) is 29.8 Å². The van der Waals surface area contributed by atoms with Crippen LogP contribution in [-0.2, 0) is 15.7 Å². The third-order valence-corrected chi connectivity index (χ3v) is 6.73. The Morgan fingerprint density at radius 1 is 1.48 bits per heavy atom. The SMILES string of the molecule is C/C=S(\c1cccc(C(F)(F)F)c1)C1(C)CCOC(C(N)=O)C1. The van der Waals surface area contributed by atoms with E-state index in [2.05, 4.69) is 0 Å². The molecule has 1 aromatic rings. The van der Waals surface area contributed by atoms with Gasteiger partial charge in [0.05, 0.1) is 5.56 Å². The Morgan fingerprint density at radius 3 is 2.74 bits per heavy atom. The van der Waals surface area contributed by atoms with E-state index in [1.165, 1.54) is 12.1 Å². The van der Waals surface area contributed by atoms with Gasteiger partial charge in [0, 0.05) is 16.2 Å². The second-order valence-corrected chi connectivity index (χ2v) is 8.37. The van der Waals surface area contributed by atoms with Crippen LogP contribution in [0.2, 0.25) is 0 Å². The number of halogens is 3. The van der Waals surface area contributed by atoms with Crippen molar-refractivity contribution >= 4 is 21.8 Å². The van der Waals surface area contributed by atoms with Crippen LogP contribution in [0.25, 0.3) is 0 Å². The topological polar surface area (TPSA) is 52.3 Å². The Bertz CT molecular complexity index is 630. The van der Waals surface area contributed by atoms with Gasteiger partial charge in [-0.15, -0.1) is 0 Å². The standard InChI is InChI=1S/C16H20F3NO2S/c1-3-23(12-6-4-5-11(9-12)16(17,18)19)15(2)7-8-22-13(10-15)14(20)21/h3-6,9,13H,7-8,10H2,1-2H3,(H2,20,21). The molecular formula is C16H20F3NO2S. The average Bonchev–Trinajstić information content (AvgIpc) is 2.47. The van der Waals surface area contributed by atoms with Gasteiger partial charge in [0.25, 0.3) is 0 Å². The molecule has 1 aromatic carbocycles. The molecule has 3 unspecified atom stereocenters. The normalized spacial score (nSPS) is 26.9. The largest absolute Gasteiger partial charge is 0.416 e. The van der Waals surface area contributed by atoms with Crippen LogP contribution in [0, 0.1) is 0 Å². The number of carbonyl (C=O) groups excluding carboxylic acids is 1. The highest BCUT2D eigenvalue weighted by molar-refractivity contribution is 8.16. The lowest BCUT2D eigenvalue weighted by Crippen LogP contribution is -2.43. The van der Waals surface area contributed by atoms with E-state index in [1.54, 1.807) is 6.07 Å². The monoisotopic (exact) mass is 347 g/mol. The van der Waals surface area contributed by atoms with Crippen molar-refractivity contribution in [3.8, 4) is 0 Å². The molecule has 1 heterocycles. The predicted molar refractivity (Wildman–Crippen MR) is 85.6 cm³/mol. The highest BCUT2D eigenvalue weighted by atomic mass is 32.2. The molecule has 7 heteroatoms. The highest BCUT2D eigenvalue weighted by Gasteiger charge is 2.38. The zero-order valence-electron chi connectivity index (χ0n) is 13.0. The molecule has 1 aliphatic rings. The van der Waals surface area contributed by atoms with Crippen molar-refractivity contribution in [1.82, 2.24) is 0 Å². The summed E-state index contributed by atoms with van der Waals surface area (Å²) in [5.41, 5.74) is 4.67. The highest BCUT2D eigenvalue weighted by Crippen LogP contribution is 2.48. The first-order valence-electron chi connectivity index (χ1n) is 7.28. The van der Waals surface area contributed by atoms with E-state index in [0.717, 1.165) is 6.07 Å². The van der Waals surface area contributed by atoms with Crippen LogP contribution >= 0.6 is 10.5 Å². The number of alkyl halides is 3. The van der Waals surface area contributed by atoms with Crippen molar-refractivity contribution < 1.29 is 22.7 Å². The quantitative estimate of drug-likeness (QED) is 0.850. The summed E-state index contributed by atoms with van der Waals surface area (Å²) in [5.74, 6) is -0.528. The molecule has 23 heavy (non-hydrogen) atoms. The van der Waals surface area contributed by atoms with Crippen LogP contribution in [0.5, 0.6) is 0 Å². The van der Waals surface area contributed by atoms with Crippen molar-refractivity contribution in [2.24, 2.45) is 5.73 Å². The third kappa shape index (κ3) is 3.95. The lowest BCUT2D eigenvalue weighted by molar-refractivity contribution is -0.137. The fraction of sp³-hybridized carbons (Fsp3) is 0.500. The van der Waals surface area contributed by atoms with Gasteiger partial charge in [-0.1, -0.05) is 18.4 Å². The molecule has 0 bridgehead atoms. The number of hydrogen-bond acceptors (Lipinski definition) is 2. The zero-order valence-corrected chi connectivity index (χ0v) is 13.8. The number of rotatable bonds is 3. The van der Waals surface area contributed by atoms with E-state index >= 15 is 0 Å². The number of ether oxygens (including phenoxy) is 1. The van der Waals surface area contributed by atoms with Crippen molar-refractivity contribution in [2.45, 2.75) is 48.6 Å². The van der Waals surface area contributed by atoms with E-state index in [1.807, 2.05) is 19.2 Å². The maximum Gasteiger partial charge on any atom is 0.416 e. The summed E-state index contributed by atoms with van der Waals surface area (Å²) in [6, 6.07) is 5.40. The van der Waals surface area contributed by atoms with E-state index in [-0.39, 0.29) is 4.75 Å². The molecule has 3 nitrogen and oxygen atoms in total. The van der Waals surface area contributed by atoms with Gasteiger partial charge in [0.1, 0.15) is 6.10 Å². The summed E-state index contributed by atoms with van der Waals surface area (Å²) in [6.45, 7) is 4.19. The molecule has 1 saturated heterocycles. The Labute approximate surface area is 135 Å². The van der Waals surface area contributed by atoms with Crippen LogP contribution in [0.1, 0.15) is 32.3 Å². The van der Waals surface area contributed by atoms with Gasteiger partial charge in [0.15, 0.2) is 0 Å². The molecule has 3 atom stereocenters. The summed E-state index contributed by atoms with van der Waals surface area (Å²) >= 11 is 0. The second-order valence-electron chi connectivity index (χ2n) is 5.76.